The van der Waals surface area contributed by atoms with Gasteiger partial charge >= 0.3 is 0 Å². The molecule has 4 rings (SSSR count). The molecule has 0 aromatic carbocycles. The molecule has 3 aliphatic heterocycles. The van der Waals surface area contributed by atoms with Crippen LogP contribution in [0.1, 0.15) is 6.42 Å². The van der Waals surface area contributed by atoms with Crippen LogP contribution in [0.3, 0.4) is 0 Å². The van der Waals surface area contributed by atoms with Crippen LogP contribution in [0, 0.1) is 0 Å². The van der Waals surface area contributed by atoms with Gasteiger partial charge in [-0.25, -0.2) is 0 Å². The first-order chi connectivity index (χ1) is 19.8. The molecule has 17 N–H and O–H groups in total. The van der Waals surface area contributed by atoms with E-state index in [2.05, 4.69) is 0 Å². The maximum absolute atomic E-state index is 11.0. The van der Waals surface area contributed by atoms with Gasteiger partial charge < -0.3 is 97.3 Å². The average Bonchev–Trinajstić information content (AvgIpc) is 3.27. The predicted octanol–water partition coefficient (Wildman–Crippen LogP) is -8.83. The molecule has 246 valence electrons. The van der Waals surface area contributed by atoms with Crippen molar-refractivity contribution in [2.24, 2.45) is 22.9 Å². The fourth-order valence-corrected chi connectivity index (χ4v) is 5.65. The molecule has 1 saturated carbocycles. The number of aliphatic hydroxyl groups is 9. The molecule has 0 spiro atoms. The number of aliphatic hydroxyl groups excluding tert-OH is 9. The van der Waals surface area contributed by atoms with Crippen LogP contribution < -0.4 is 22.9 Å². The Labute approximate surface area is 240 Å². The molecule has 19 heteroatoms. The molecule has 1 aliphatic carbocycles. The molecular formula is C23H44N4O15. The summed E-state index contributed by atoms with van der Waals surface area (Å²) < 4.78 is 34.1. The molecule has 3 saturated heterocycles. The van der Waals surface area contributed by atoms with E-state index in [1.807, 2.05) is 0 Å². The molecule has 0 aromatic rings. The molecule has 0 bridgehead atoms. The van der Waals surface area contributed by atoms with Gasteiger partial charge in [0.2, 0.25) is 0 Å². The zero-order chi connectivity index (χ0) is 31.0. The largest absolute Gasteiger partial charge is 0.394 e. The first kappa shape index (κ1) is 34.1. The lowest BCUT2D eigenvalue weighted by molar-refractivity contribution is -0.319. The van der Waals surface area contributed by atoms with Gasteiger partial charge in [-0.05, 0) is 6.42 Å². The van der Waals surface area contributed by atoms with E-state index in [9.17, 15) is 46.0 Å². The molecule has 19 atom stereocenters. The lowest BCUT2D eigenvalue weighted by Crippen LogP contribution is -2.68. The minimum atomic E-state index is -1.80. The highest BCUT2D eigenvalue weighted by molar-refractivity contribution is 5.02. The topological polar surface area (TPSA) is 342 Å². The maximum Gasteiger partial charge on any atom is 0.187 e. The van der Waals surface area contributed by atoms with E-state index in [1.165, 1.54) is 0 Å². The van der Waals surface area contributed by atoms with Crippen molar-refractivity contribution in [2.75, 3.05) is 19.8 Å². The SMILES string of the molecule is NC[C@H]1O[C@H](O[C@H]2[C@@H](O[C@@H]3O[C@H](CO)[C@@H](O[C@@H]4O[C@H](CO)[C@H](O)[C@H](O)[C@H]4O)[C@H]3O)[C@@H](O)[C@H](N)C[C@@H]2N)[C@H](N)[C@H](O)[C@@H]1O. The van der Waals surface area contributed by atoms with Crippen LogP contribution >= 0.6 is 0 Å². The minimum Gasteiger partial charge on any atom is -0.394 e. The third kappa shape index (κ3) is 6.60. The summed E-state index contributed by atoms with van der Waals surface area (Å²) >= 11 is 0. The van der Waals surface area contributed by atoms with Gasteiger partial charge in [0, 0.05) is 18.6 Å². The van der Waals surface area contributed by atoms with Crippen molar-refractivity contribution in [2.45, 2.75) is 123 Å². The van der Waals surface area contributed by atoms with Crippen molar-refractivity contribution in [3.63, 3.8) is 0 Å². The number of hydrogen-bond donors (Lipinski definition) is 13. The Balaban J connectivity index is 1.50. The van der Waals surface area contributed by atoms with E-state index < -0.39 is 130 Å². The molecule has 3 heterocycles. The van der Waals surface area contributed by atoms with Gasteiger partial charge in [-0.2, -0.15) is 0 Å². The summed E-state index contributed by atoms with van der Waals surface area (Å²) in [5.74, 6) is 0. The maximum atomic E-state index is 11.0. The Morgan fingerprint density at radius 2 is 1.05 bits per heavy atom. The summed E-state index contributed by atoms with van der Waals surface area (Å²) in [6.07, 6.45) is -23.3. The van der Waals surface area contributed by atoms with Gasteiger partial charge in [0.25, 0.3) is 0 Å². The zero-order valence-electron chi connectivity index (χ0n) is 22.6. The van der Waals surface area contributed by atoms with E-state index >= 15 is 0 Å². The number of nitrogens with two attached hydrogens (primary N) is 4. The molecule has 0 unspecified atom stereocenters. The van der Waals surface area contributed by atoms with Gasteiger partial charge in [0.05, 0.1) is 25.4 Å². The molecular weight excluding hydrogens is 572 g/mol. The quantitative estimate of drug-likeness (QED) is 0.114. The smallest absolute Gasteiger partial charge is 0.187 e. The fraction of sp³-hybridized carbons (Fsp3) is 1.00. The third-order valence-corrected chi connectivity index (χ3v) is 8.24. The van der Waals surface area contributed by atoms with Gasteiger partial charge in [-0.1, -0.05) is 0 Å². The normalized spacial score (nSPS) is 53.8. The second-order valence-corrected chi connectivity index (χ2v) is 11.1. The fourth-order valence-electron chi connectivity index (χ4n) is 5.65. The Hall–Kier alpha value is -0.760. The summed E-state index contributed by atoms with van der Waals surface area (Å²) in [4.78, 5) is 0. The van der Waals surface area contributed by atoms with Crippen LogP contribution in [-0.4, -0.2) is 182 Å². The highest BCUT2D eigenvalue weighted by Crippen LogP contribution is 2.34. The van der Waals surface area contributed by atoms with Gasteiger partial charge in [0.1, 0.15) is 73.2 Å². The molecule has 0 aromatic heterocycles. The molecule has 19 nitrogen and oxygen atoms in total. The molecule has 0 amide bonds. The van der Waals surface area contributed by atoms with E-state index in [1.54, 1.807) is 0 Å². The number of ether oxygens (including phenoxy) is 6. The molecule has 4 aliphatic rings. The van der Waals surface area contributed by atoms with Crippen molar-refractivity contribution >= 4 is 0 Å². The van der Waals surface area contributed by atoms with Crippen LogP contribution in [0.25, 0.3) is 0 Å². The van der Waals surface area contributed by atoms with Crippen molar-refractivity contribution < 1.29 is 74.4 Å². The van der Waals surface area contributed by atoms with Crippen LogP contribution in [0.4, 0.5) is 0 Å². The van der Waals surface area contributed by atoms with Crippen LogP contribution in [0.2, 0.25) is 0 Å². The van der Waals surface area contributed by atoms with Gasteiger partial charge in [0.15, 0.2) is 18.9 Å². The van der Waals surface area contributed by atoms with Crippen molar-refractivity contribution in [1.29, 1.82) is 0 Å². The Morgan fingerprint density at radius 1 is 0.524 bits per heavy atom. The number of hydrogen-bond acceptors (Lipinski definition) is 19. The predicted molar refractivity (Wildman–Crippen MR) is 134 cm³/mol. The van der Waals surface area contributed by atoms with E-state index in [0.29, 0.717) is 0 Å². The first-order valence-corrected chi connectivity index (χ1v) is 13.7. The van der Waals surface area contributed by atoms with Crippen molar-refractivity contribution in [3.8, 4) is 0 Å². The minimum absolute atomic E-state index is 0.0648. The lowest BCUT2D eigenvalue weighted by Gasteiger charge is -2.47. The summed E-state index contributed by atoms with van der Waals surface area (Å²) in [6, 6.07) is -3.02. The second kappa shape index (κ2) is 14.1. The van der Waals surface area contributed by atoms with E-state index in [-0.39, 0.29) is 13.0 Å². The molecule has 42 heavy (non-hydrogen) atoms. The first-order valence-electron chi connectivity index (χ1n) is 13.7. The zero-order valence-corrected chi connectivity index (χ0v) is 22.6. The monoisotopic (exact) mass is 616 g/mol. The molecule has 4 fully saturated rings. The van der Waals surface area contributed by atoms with Gasteiger partial charge in [-0.3, -0.25) is 0 Å². The summed E-state index contributed by atoms with van der Waals surface area (Å²) in [7, 11) is 0. The Morgan fingerprint density at radius 3 is 1.67 bits per heavy atom. The lowest BCUT2D eigenvalue weighted by atomic mass is 9.84. The van der Waals surface area contributed by atoms with Crippen molar-refractivity contribution in [3.05, 3.63) is 0 Å². The second-order valence-electron chi connectivity index (χ2n) is 11.1. The Bertz CT molecular complexity index is 865. The van der Waals surface area contributed by atoms with Crippen LogP contribution in [0.15, 0.2) is 0 Å². The van der Waals surface area contributed by atoms with E-state index in [4.69, 9.17) is 51.4 Å². The summed E-state index contributed by atoms with van der Waals surface area (Å²) in [5.41, 5.74) is 24.0. The highest BCUT2D eigenvalue weighted by atomic mass is 16.8. The van der Waals surface area contributed by atoms with Crippen LogP contribution in [-0.2, 0) is 28.4 Å². The molecule has 0 radical (unpaired) electrons. The summed E-state index contributed by atoms with van der Waals surface area (Å²) in [5, 5.41) is 92.2. The van der Waals surface area contributed by atoms with Crippen LogP contribution in [0.5, 0.6) is 0 Å². The standard InChI is InChI=1S/C23H44N4O15/c24-2-7-12(31)14(33)10(27)21(37-7)40-18-6(26)1-5(25)11(30)20(18)42-23-17(36)19(9(4-29)39-23)41-22-16(35)15(34)13(32)8(3-28)38-22/h5-23,28-36H,1-4,24-27H2/t5-,6+,7-,8-,9-,10-,11+,12-,13+,14+,15+,16-,17-,18-,19-,20+,21-,22+,23+/m1/s1. The van der Waals surface area contributed by atoms with Crippen molar-refractivity contribution in [1.82, 2.24) is 0 Å². The third-order valence-electron chi connectivity index (χ3n) is 8.24. The Kier molecular flexibility index (Phi) is 11.5. The highest BCUT2D eigenvalue weighted by Gasteiger charge is 2.54. The van der Waals surface area contributed by atoms with E-state index in [0.717, 1.165) is 0 Å². The number of rotatable bonds is 9. The summed E-state index contributed by atoms with van der Waals surface area (Å²) in [6.45, 7) is -1.60. The van der Waals surface area contributed by atoms with Gasteiger partial charge in [-0.15, -0.1) is 0 Å². The average molecular weight is 617 g/mol.